The van der Waals surface area contributed by atoms with Crippen molar-refractivity contribution in [1.29, 1.82) is 0 Å². The fraction of sp³-hybridized carbons (Fsp3) is 0.125. The van der Waals surface area contributed by atoms with Crippen molar-refractivity contribution in [2.45, 2.75) is 6.04 Å². The number of ether oxygens (including phenoxy) is 1. The Balaban J connectivity index is 2.13. The third kappa shape index (κ3) is 2.69. The minimum atomic E-state index is -0.250. The molecule has 1 unspecified atom stereocenters. The van der Waals surface area contributed by atoms with Gasteiger partial charge >= 0.3 is 0 Å². The molecule has 1 heterocycles. The number of benzene rings is 2. The average Bonchev–Trinajstić information content (AvgIpc) is 2.92. The van der Waals surface area contributed by atoms with E-state index in [4.69, 9.17) is 22.1 Å². The maximum absolute atomic E-state index is 6.47. The van der Waals surface area contributed by atoms with Crippen molar-refractivity contribution in [3.8, 4) is 5.75 Å². The summed E-state index contributed by atoms with van der Waals surface area (Å²) in [4.78, 5) is 0. The van der Waals surface area contributed by atoms with Crippen LogP contribution in [0.1, 0.15) is 17.2 Å². The molecule has 0 spiro atoms. The van der Waals surface area contributed by atoms with Crippen molar-refractivity contribution >= 4 is 49.0 Å². The van der Waals surface area contributed by atoms with Crippen molar-refractivity contribution in [1.82, 2.24) is 0 Å². The molecule has 0 fully saturated rings. The number of halogens is 2. The van der Waals surface area contributed by atoms with Gasteiger partial charge in [0.2, 0.25) is 0 Å². The van der Waals surface area contributed by atoms with Crippen molar-refractivity contribution in [2.24, 2.45) is 5.73 Å². The maximum atomic E-state index is 6.47. The molecule has 3 aromatic rings. The van der Waals surface area contributed by atoms with Gasteiger partial charge in [-0.25, -0.2) is 0 Å². The van der Waals surface area contributed by atoms with E-state index in [1.807, 2.05) is 24.3 Å². The number of hydrogen-bond donors (Lipinski definition) is 1. The summed E-state index contributed by atoms with van der Waals surface area (Å²) in [5.41, 5.74) is 8.50. The highest BCUT2D eigenvalue weighted by atomic mass is 79.9. The lowest BCUT2D eigenvalue weighted by molar-refractivity contribution is 0.408. The van der Waals surface area contributed by atoms with Gasteiger partial charge in [0.05, 0.1) is 13.2 Å². The molecule has 0 amide bonds. The standard InChI is InChI=1S/C16H13BrClNOS/c1-20-14-7-9(18)5-6-11(14)15(19)12-8-21-16-10(12)3-2-4-13(16)17/h2-8,15H,19H2,1H3. The number of fused-ring (bicyclic) bond motifs is 1. The maximum Gasteiger partial charge on any atom is 0.125 e. The van der Waals surface area contributed by atoms with E-state index in [0.29, 0.717) is 10.8 Å². The van der Waals surface area contributed by atoms with Gasteiger partial charge in [-0.05, 0) is 50.5 Å². The first-order valence-corrected chi connectivity index (χ1v) is 8.41. The van der Waals surface area contributed by atoms with Crippen LogP contribution in [0.25, 0.3) is 10.1 Å². The number of methoxy groups -OCH3 is 1. The van der Waals surface area contributed by atoms with Crippen LogP contribution in [0.2, 0.25) is 5.02 Å². The van der Waals surface area contributed by atoms with Crippen molar-refractivity contribution < 1.29 is 4.74 Å². The highest BCUT2D eigenvalue weighted by Crippen LogP contribution is 2.38. The van der Waals surface area contributed by atoms with E-state index < -0.39 is 0 Å². The summed E-state index contributed by atoms with van der Waals surface area (Å²) in [7, 11) is 1.63. The third-order valence-electron chi connectivity index (χ3n) is 3.45. The molecule has 0 saturated carbocycles. The Morgan fingerprint density at radius 1 is 1.24 bits per heavy atom. The molecule has 21 heavy (non-hydrogen) atoms. The first-order valence-electron chi connectivity index (χ1n) is 6.36. The van der Waals surface area contributed by atoms with Gasteiger partial charge in [-0.15, -0.1) is 11.3 Å². The lowest BCUT2D eigenvalue weighted by Gasteiger charge is -2.16. The van der Waals surface area contributed by atoms with E-state index in [1.54, 1.807) is 24.5 Å². The normalized spacial score (nSPS) is 12.6. The molecule has 0 radical (unpaired) electrons. The van der Waals surface area contributed by atoms with Gasteiger partial charge in [0.1, 0.15) is 5.75 Å². The average molecular weight is 383 g/mol. The van der Waals surface area contributed by atoms with Gasteiger partial charge in [-0.2, -0.15) is 0 Å². The fourth-order valence-corrected chi connectivity index (χ4v) is 4.21. The van der Waals surface area contributed by atoms with E-state index in [1.165, 1.54) is 10.1 Å². The molecular formula is C16H13BrClNOS. The molecule has 2 N–H and O–H groups in total. The van der Waals surface area contributed by atoms with E-state index in [0.717, 1.165) is 15.6 Å². The van der Waals surface area contributed by atoms with Crippen LogP contribution in [0.3, 0.4) is 0 Å². The first kappa shape index (κ1) is 14.9. The predicted molar refractivity (Wildman–Crippen MR) is 93.6 cm³/mol. The van der Waals surface area contributed by atoms with E-state index in [-0.39, 0.29) is 6.04 Å². The Morgan fingerprint density at radius 2 is 2.05 bits per heavy atom. The fourth-order valence-electron chi connectivity index (χ4n) is 2.39. The number of rotatable bonds is 3. The minimum Gasteiger partial charge on any atom is -0.496 e. The first-order chi connectivity index (χ1) is 10.1. The van der Waals surface area contributed by atoms with Crippen molar-refractivity contribution in [3.63, 3.8) is 0 Å². The predicted octanol–water partition coefficient (Wildman–Crippen LogP) is 5.37. The second-order valence-corrected chi connectivity index (χ2v) is 6.84. The topological polar surface area (TPSA) is 35.2 Å². The Hall–Kier alpha value is -1.07. The number of hydrogen-bond acceptors (Lipinski definition) is 3. The number of nitrogens with two attached hydrogens (primary N) is 1. The molecule has 1 aromatic heterocycles. The van der Waals surface area contributed by atoms with Crippen molar-refractivity contribution in [2.75, 3.05) is 7.11 Å². The smallest absolute Gasteiger partial charge is 0.125 e. The van der Waals surface area contributed by atoms with Gasteiger partial charge in [0, 0.05) is 19.8 Å². The van der Waals surface area contributed by atoms with Crippen molar-refractivity contribution in [3.05, 3.63) is 62.4 Å². The molecule has 108 valence electrons. The summed E-state index contributed by atoms with van der Waals surface area (Å²) in [6.45, 7) is 0. The Bertz CT molecular complexity index is 802. The van der Waals surface area contributed by atoms with Crippen LogP contribution in [-0.2, 0) is 0 Å². The quantitative estimate of drug-likeness (QED) is 0.660. The van der Waals surface area contributed by atoms with Crippen LogP contribution in [0.5, 0.6) is 5.75 Å². The van der Waals surface area contributed by atoms with Crippen LogP contribution in [-0.4, -0.2) is 7.11 Å². The van der Waals surface area contributed by atoms with E-state index in [9.17, 15) is 0 Å². The van der Waals surface area contributed by atoms with E-state index in [2.05, 4.69) is 27.4 Å². The van der Waals surface area contributed by atoms with Crippen LogP contribution < -0.4 is 10.5 Å². The summed E-state index contributed by atoms with van der Waals surface area (Å²) in [5, 5.41) is 3.91. The van der Waals surface area contributed by atoms with Crippen LogP contribution in [0.4, 0.5) is 0 Å². The largest absolute Gasteiger partial charge is 0.496 e. The lowest BCUT2D eigenvalue weighted by atomic mass is 9.98. The zero-order valence-corrected chi connectivity index (χ0v) is 14.4. The third-order valence-corrected chi connectivity index (χ3v) is 5.65. The van der Waals surface area contributed by atoms with Gasteiger partial charge < -0.3 is 10.5 Å². The molecule has 0 saturated heterocycles. The molecular weight excluding hydrogens is 370 g/mol. The molecule has 5 heteroatoms. The number of thiophene rings is 1. The second-order valence-electron chi connectivity index (χ2n) is 4.67. The van der Waals surface area contributed by atoms with Crippen LogP contribution >= 0.6 is 38.9 Å². The summed E-state index contributed by atoms with van der Waals surface area (Å²) >= 11 is 11.3. The Kier molecular flexibility index (Phi) is 4.22. The highest BCUT2D eigenvalue weighted by molar-refractivity contribution is 9.10. The minimum absolute atomic E-state index is 0.250. The molecule has 0 aliphatic heterocycles. The van der Waals surface area contributed by atoms with Gasteiger partial charge in [-0.3, -0.25) is 0 Å². The zero-order chi connectivity index (χ0) is 15.0. The summed E-state index contributed by atoms with van der Waals surface area (Å²) in [5.74, 6) is 0.712. The molecule has 0 bridgehead atoms. The summed E-state index contributed by atoms with van der Waals surface area (Å²) < 4.78 is 7.70. The molecule has 1 atom stereocenters. The zero-order valence-electron chi connectivity index (χ0n) is 11.3. The summed E-state index contributed by atoms with van der Waals surface area (Å²) in [6.07, 6.45) is 0. The van der Waals surface area contributed by atoms with Gasteiger partial charge in [0.25, 0.3) is 0 Å². The van der Waals surface area contributed by atoms with Gasteiger partial charge in [-0.1, -0.05) is 29.8 Å². The van der Waals surface area contributed by atoms with E-state index >= 15 is 0 Å². The lowest BCUT2D eigenvalue weighted by Crippen LogP contribution is -2.12. The second kappa shape index (κ2) is 5.97. The van der Waals surface area contributed by atoms with Crippen LogP contribution in [0, 0.1) is 0 Å². The Labute approximate surface area is 140 Å². The Morgan fingerprint density at radius 3 is 2.81 bits per heavy atom. The SMILES string of the molecule is COc1cc(Cl)ccc1C(N)c1csc2c(Br)cccc12. The monoisotopic (exact) mass is 381 g/mol. The molecule has 2 aromatic carbocycles. The molecule has 3 rings (SSSR count). The van der Waals surface area contributed by atoms with Gasteiger partial charge in [0.15, 0.2) is 0 Å². The molecule has 2 nitrogen and oxygen atoms in total. The molecule has 0 aliphatic carbocycles. The molecule has 0 aliphatic rings. The summed E-state index contributed by atoms with van der Waals surface area (Å²) in [6, 6.07) is 11.5. The van der Waals surface area contributed by atoms with Crippen LogP contribution in [0.15, 0.2) is 46.3 Å². The highest BCUT2D eigenvalue weighted by Gasteiger charge is 2.18.